The van der Waals surface area contributed by atoms with Gasteiger partial charge in [0.1, 0.15) is 0 Å². The minimum atomic E-state index is 0. The zero-order valence-corrected chi connectivity index (χ0v) is 14.6. The molecule has 1 saturated carbocycles. The Balaban J connectivity index is -0.0000000623. The zero-order valence-electron chi connectivity index (χ0n) is 11.6. The van der Waals surface area contributed by atoms with Gasteiger partial charge in [-0.05, 0) is 29.6 Å². The average Bonchev–Trinajstić information content (AvgIpc) is 2.55. The zero-order chi connectivity index (χ0) is 13.9. The number of rotatable bonds is 0. The van der Waals surface area contributed by atoms with Crippen molar-refractivity contribution in [3.63, 3.8) is 0 Å². The van der Waals surface area contributed by atoms with E-state index in [1.54, 1.807) is 0 Å². The molecule has 0 aromatic rings. The van der Waals surface area contributed by atoms with Crippen molar-refractivity contribution in [3.8, 4) is 0 Å². The van der Waals surface area contributed by atoms with E-state index in [1.165, 1.54) is 29.6 Å². The molecule has 1 aliphatic carbocycles. The molecule has 0 aliphatic heterocycles. The molecule has 0 unspecified atom stereocenters. The van der Waals surface area contributed by atoms with E-state index in [0.29, 0.717) is 0 Å². The van der Waals surface area contributed by atoms with Crippen molar-refractivity contribution >= 4 is 0 Å². The fourth-order valence-corrected chi connectivity index (χ4v) is 1.41. The first-order chi connectivity index (χ1) is 7.55. The van der Waals surface area contributed by atoms with Gasteiger partial charge in [-0.3, -0.25) is 0 Å². The van der Waals surface area contributed by atoms with Gasteiger partial charge in [0, 0.05) is 0 Å². The predicted molar refractivity (Wildman–Crippen MR) is 62.8 cm³/mol. The summed E-state index contributed by atoms with van der Waals surface area (Å²) in [5, 5.41) is 0. The largest absolute Gasteiger partial charge is 2.00 e. The summed E-state index contributed by atoms with van der Waals surface area (Å²) in [7, 11) is 0. The van der Waals surface area contributed by atoms with Crippen LogP contribution in [0.4, 0.5) is 0 Å². The Morgan fingerprint density at radius 2 is 0.556 bits per heavy atom. The predicted octanol–water partition coefficient (Wildman–Crippen LogP) is 3.31. The van der Waals surface area contributed by atoms with Crippen molar-refractivity contribution < 1.29 is 35.0 Å². The van der Waals surface area contributed by atoms with Crippen molar-refractivity contribution in [2.45, 2.75) is 34.6 Å². The van der Waals surface area contributed by atoms with Crippen molar-refractivity contribution in [2.24, 2.45) is 0 Å². The summed E-state index contributed by atoms with van der Waals surface area (Å²) in [5.41, 5.74) is 0. The Hall–Kier alpha value is -0.0917. The third kappa shape index (κ3) is 8.92. The second kappa shape index (κ2) is 19.3. The first-order valence-corrected chi connectivity index (χ1v) is 4.36. The molecule has 0 heterocycles. The normalized spacial score (nSPS) is 16.2. The van der Waals surface area contributed by atoms with Gasteiger partial charge in [0.25, 0.3) is 0 Å². The fourth-order valence-electron chi connectivity index (χ4n) is 1.41. The van der Waals surface area contributed by atoms with E-state index in [1.807, 2.05) is 0 Å². The van der Waals surface area contributed by atoms with Gasteiger partial charge in [0.15, 0.2) is 0 Å². The quantitative estimate of drug-likeness (QED) is 0.428. The van der Waals surface area contributed by atoms with Crippen LogP contribution in [0.5, 0.6) is 0 Å². The monoisotopic (exact) mass is 418 g/mol. The van der Waals surface area contributed by atoms with Crippen molar-refractivity contribution in [1.82, 2.24) is 0 Å². The molecule has 4 heteroatoms. The molecule has 0 amide bonds. The van der Waals surface area contributed by atoms with Crippen LogP contribution >= 0.6 is 0 Å². The molecule has 1 aliphatic rings. The molecule has 1 rings (SSSR count). The maximum atomic E-state index is 7.50. The Labute approximate surface area is 127 Å². The minimum absolute atomic E-state index is 0. The second-order valence-corrected chi connectivity index (χ2v) is 3.12. The fraction of sp³-hybridized carbons (Fsp3) is 0.357. The summed E-state index contributed by atoms with van der Waals surface area (Å²) in [6.45, 7) is 24.5. The Bertz CT molecular complexity index is 164. The summed E-state index contributed by atoms with van der Waals surface area (Å²) in [6.07, 6.45) is 0. The molecule has 0 aromatic carbocycles. The third-order valence-corrected chi connectivity index (χ3v) is 2.81. The SMILES string of the molecule is C[C]1[C](C)[C](C)[C](C)[C]1C.[C-]#[O+].[C-]#[O+].[C-]#[O+].[CH3-].[W+2]. The molecular weight excluding hydrogens is 400 g/mol. The van der Waals surface area contributed by atoms with Gasteiger partial charge in [0.2, 0.25) is 0 Å². The molecule has 3 nitrogen and oxygen atoms in total. The first-order valence-electron chi connectivity index (χ1n) is 4.36. The van der Waals surface area contributed by atoms with Gasteiger partial charge in [0.05, 0.1) is 0 Å². The Kier molecular flexibility index (Phi) is 32.9. The molecule has 0 saturated heterocycles. The number of hydrogen-bond donors (Lipinski definition) is 0. The molecule has 1 fully saturated rings. The van der Waals surface area contributed by atoms with E-state index in [2.05, 4.69) is 54.6 Å². The van der Waals surface area contributed by atoms with Crippen LogP contribution in [0.1, 0.15) is 34.6 Å². The van der Waals surface area contributed by atoms with Gasteiger partial charge >= 0.3 is 55.0 Å². The van der Waals surface area contributed by atoms with E-state index in [9.17, 15) is 0 Å². The van der Waals surface area contributed by atoms with Crippen LogP contribution in [-0.2, 0) is 35.0 Å². The van der Waals surface area contributed by atoms with Gasteiger partial charge < -0.3 is 7.43 Å². The standard InChI is InChI=1S/C10H15.3CO.CH3.W/c1-6-7(2)9(4)10(5)8(6)3;3*1-2;;/h1-5H3;;;;1H3;/q;;;;-1;+2. The van der Waals surface area contributed by atoms with Crippen LogP contribution in [0.15, 0.2) is 0 Å². The minimum Gasteiger partial charge on any atom is -0.358 e. The summed E-state index contributed by atoms with van der Waals surface area (Å²) >= 11 is 0. The third-order valence-electron chi connectivity index (χ3n) is 2.81. The van der Waals surface area contributed by atoms with Gasteiger partial charge in [-0.15, -0.1) is 0 Å². The molecule has 0 bridgehead atoms. The van der Waals surface area contributed by atoms with E-state index in [4.69, 9.17) is 14.0 Å². The van der Waals surface area contributed by atoms with Gasteiger partial charge in [-0.25, -0.2) is 0 Å². The molecule has 97 valence electrons. The smallest absolute Gasteiger partial charge is 0.358 e. The molecule has 0 N–H and O–H groups in total. The van der Waals surface area contributed by atoms with Gasteiger partial charge in [-0.2, -0.15) is 0 Å². The summed E-state index contributed by atoms with van der Waals surface area (Å²) in [4.78, 5) is 0. The Morgan fingerprint density at radius 1 is 0.500 bits per heavy atom. The van der Waals surface area contributed by atoms with E-state index in [-0.39, 0.29) is 28.5 Å². The van der Waals surface area contributed by atoms with E-state index >= 15 is 0 Å². The van der Waals surface area contributed by atoms with Gasteiger partial charge in [-0.1, -0.05) is 34.6 Å². The van der Waals surface area contributed by atoms with Crippen molar-refractivity contribution in [2.75, 3.05) is 0 Å². The summed E-state index contributed by atoms with van der Waals surface area (Å²) in [6, 6.07) is 0. The maximum absolute atomic E-state index is 7.50. The van der Waals surface area contributed by atoms with Crippen LogP contribution in [-0.4, -0.2) is 0 Å². The van der Waals surface area contributed by atoms with E-state index in [0.717, 1.165) is 0 Å². The Morgan fingerprint density at radius 3 is 0.611 bits per heavy atom. The van der Waals surface area contributed by atoms with Crippen LogP contribution in [0.25, 0.3) is 0 Å². The maximum Gasteiger partial charge on any atom is 2.00 e. The van der Waals surface area contributed by atoms with Crippen LogP contribution in [0.3, 0.4) is 0 Å². The van der Waals surface area contributed by atoms with Crippen LogP contribution in [0, 0.1) is 57.0 Å². The molecule has 0 aromatic heterocycles. The van der Waals surface area contributed by atoms with Crippen LogP contribution in [0.2, 0.25) is 0 Å². The second-order valence-electron chi connectivity index (χ2n) is 3.12. The molecule has 5 radical (unpaired) electrons. The van der Waals surface area contributed by atoms with Crippen molar-refractivity contribution in [3.05, 3.63) is 57.0 Å². The molecule has 0 atom stereocenters. The molecular formula is C14H18O3W+. The van der Waals surface area contributed by atoms with Crippen LogP contribution < -0.4 is 0 Å². The van der Waals surface area contributed by atoms with Crippen molar-refractivity contribution in [1.29, 1.82) is 0 Å². The molecule has 0 spiro atoms. The summed E-state index contributed by atoms with van der Waals surface area (Å²) in [5.74, 6) is 7.34. The summed E-state index contributed by atoms with van der Waals surface area (Å²) < 4.78 is 22.5. The topological polar surface area (TPSA) is 59.7 Å². The first kappa shape index (κ1) is 30.7. The number of hydrogen-bond acceptors (Lipinski definition) is 0. The van der Waals surface area contributed by atoms with E-state index < -0.39 is 0 Å². The molecule has 18 heavy (non-hydrogen) atoms. The average molecular weight is 418 g/mol.